The van der Waals surface area contributed by atoms with Crippen LogP contribution in [0, 0.1) is 0 Å². The predicted octanol–water partition coefficient (Wildman–Crippen LogP) is 4.24. The summed E-state index contributed by atoms with van der Waals surface area (Å²) in [6, 6.07) is 13.2. The number of rotatable bonds is 3. The summed E-state index contributed by atoms with van der Waals surface area (Å²) in [6.07, 6.45) is 4.93. The number of anilines is 1. The quantitative estimate of drug-likeness (QED) is 0.675. The first-order chi connectivity index (χ1) is 12.4. The molecule has 26 heavy (non-hydrogen) atoms. The number of hydrogen-bond acceptors (Lipinski definition) is 4. The molecule has 1 aliphatic heterocycles. The van der Waals surface area contributed by atoms with Gasteiger partial charge in [-0.15, -0.1) is 0 Å². The molecule has 4 rings (SSSR count). The summed E-state index contributed by atoms with van der Waals surface area (Å²) in [4.78, 5) is 7.19. The molecule has 3 aromatic rings. The zero-order valence-corrected chi connectivity index (χ0v) is 16.0. The molecule has 0 spiro atoms. The Balaban J connectivity index is 1.74. The number of nitrogens with zero attached hydrogens (tertiary/aromatic N) is 2. The van der Waals surface area contributed by atoms with Gasteiger partial charge >= 0.3 is 0 Å². The highest BCUT2D eigenvalue weighted by Gasteiger charge is 2.20. The molecular formula is C20H19ClN2O2S. The monoisotopic (exact) mass is 386 g/mol. The number of halogens is 1. The van der Waals surface area contributed by atoms with Crippen molar-refractivity contribution in [2.24, 2.45) is 0 Å². The fourth-order valence-corrected chi connectivity index (χ4v) is 4.52. The Bertz CT molecular complexity index is 1100. The number of benzene rings is 2. The Kier molecular flexibility index (Phi) is 4.37. The molecule has 2 aromatic carbocycles. The normalized spacial score (nSPS) is 14.5. The van der Waals surface area contributed by atoms with Gasteiger partial charge in [-0.25, -0.2) is 8.42 Å². The molecule has 0 saturated carbocycles. The highest BCUT2D eigenvalue weighted by atomic mass is 35.5. The van der Waals surface area contributed by atoms with E-state index in [9.17, 15) is 8.42 Å². The Labute approximate surface area is 158 Å². The summed E-state index contributed by atoms with van der Waals surface area (Å²) >= 11 is 6.30. The molecule has 0 radical (unpaired) electrons. The summed E-state index contributed by atoms with van der Waals surface area (Å²) in [6.45, 7) is 1.62. The molecule has 2 heterocycles. The van der Waals surface area contributed by atoms with Crippen LogP contribution in [0.3, 0.4) is 0 Å². The molecule has 0 bridgehead atoms. The van der Waals surface area contributed by atoms with E-state index in [1.165, 1.54) is 6.26 Å². The van der Waals surface area contributed by atoms with E-state index in [-0.39, 0.29) is 0 Å². The Morgan fingerprint density at radius 1 is 1.19 bits per heavy atom. The van der Waals surface area contributed by atoms with E-state index < -0.39 is 9.84 Å². The molecule has 1 aromatic heterocycles. The average Bonchev–Trinajstić information content (AvgIpc) is 2.60. The third-order valence-electron chi connectivity index (χ3n) is 4.80. The van der Waals surface area contributed by atoms with Crippen LogP contribution in [0.4, 0.5) is 5.69 Å². The van der Waals surface area contributed by atoms with Crippen molar-refractivity contribution in [2.75, 3.05) is 17.7 Å². The summed E-state index contributed by atoms with van der Waals surface area (Å²) < 4.78 is 23.7. The largest absolute Gasteiger partial charge is 0.367 e. The first kappa shape index (κ1) is 17.3. The van der Waals surface area contributed by atoms with E-state index in [0.717, 1.165) is 47.1 Å². The zero-order valence-electron chi connectivity index (χ0n) is 14.4. The molecule has 6 heteroatoms. The van der Waals surface area contributed by atoms with E-state index >= 15 is 0 Å². The van der Waals surface area contributed by atoms with E-state index in [2.05, 4.69) is 9.88 Å². The van der Waals surface area contributed by atoms with E-state index in [1.54, 1.807) is 12.3 Å². The maximum Gasteiger partial charge on any atom is 0.175 e. The maximum absolute atomic E-state index is 11.8. The van der Waals surface area contributed by atoms with E-state index in [4.69, 9.17) is 11.6 Å². The maximum atomic E-state index is 11.8. The molecule has 0 aliphatic carbocycles. The molecule has 0 atom stereocenters. The standard InChI is InChI=1S/C20H19ClN2O2S/c1-26(24,25)18-6-7-19-14(12-18)5-3-9-23(19)13-16-11-17(21)10-15-4-2-8-22-20(15)16/h2,4,6-8,10-12H,3,5,9,13H2,1H3. The number of fused-ring (bicyclic) bond motifs is 2. The van der Waals surface area contributed by atoms with Gasteiger partial charge in [-0.3, -0.25) is 4.98 Å². The minimum Gasteiger partial charge on any atom is -0.367 e. The molecule has 1 aliphatic rings. The SMILES string of the molecule is CS(=O)(=O)c1ccc2c(c1)CCCN2Cc1cc(Cl)cc2cccnc12. The van der Waals surface area contributed by atoms with Crippen LogP contribution in [0.25, 0.3) is 10.9 Å². The van der Waals surface area contributed by atoms with Crippen LogP contribution in [0.1, 0.15) is 17.5 Å². The molecule has 134 valence electrons. The van der Waals surface area contributed by atoms with Gasteiger partial charge in [-0.2, -0.15) is 0 Å². The molecule has 0 amide bonds. The van der Waals surface area contributed by atoms with Crippen molar-refractivity contribution >= 4 is 38.0 Å². The number of aryl methyl sites for hydroxylation is 1. The lowest BCUT2D eigenvalue weighted by Crippen LogP contribution is -2.29. The minimum atomic E-state index is -3.19. The van der Waals surface area contributed by atoms with Gasteiger partial charge in [-0.1, -0.05) is 17.7 Å². The van der Waals surface area contributed by atoms with Crippen LogP contribution in [-0.2, 0) is 22.8 Å². The van der Waals surface area contributed by atoms with Crippen molar-refractivity contribution in [3.8, 4) is 0 Å². The van der Waals surface area contributed by atoms with E-state index in [1.807, 2.05) is 36.4 Å². The predicted molar refractivity (Wildman–Crippen MR) is 106 cm³/mol. The van der Waals surface area contributed by atoms with Crippen molar-refractivity contribution in [3.63, 3.8) is 0 Å². The van der Waals surface area contributed by atoms with Gasteiger partial charge < -0.3 is 4.90 Å². The number of sulfone groups is 1. The Hall–Kier alpha value is -2.11. The summed E-state index contributed by atoms with van der Waals surface area (Å²) in [5, 5.41) is 1.73. The van der Waals surface area contributed by atoms with Crippen LogP contribution in [0.15, 0.2) is 53.6 Å². The molecule has 0 N–H and O–H groups in total. The third-order valence-corrected chi connectivity index (χ3v) is 6.13. The fraction of sp³-hybridized carbons (Fsp3) is 0.250. The van der Waals surface area contributed by atoms with Gasteiger partial charge in [-0.05, 0) is 60.4 Å². The van der Waals surface area contributed by atoms with Crippen LogP contribution in [0.2, 0.25) is 5.02 Å². The van der Waals surface area contributed by atoms with Crippen molar-refractivity contribution in [1.82, 2.24) is 4.98 Å². The van der Waals surface area contributed by atoms with Crippen molar-refractivity contribution in [2.45, 2.75) is 24.3 Å². The number of pyridine rings is 1. The second kappa shape index (κ2) is 6.56. The summed E-state index contributed by atoms with van der Waals surface area (Å²) in [7, 11) is -3.19. The van der Waals surface area contributed by atoms with Crippen molar-refractivity contribution in [1.29, 1.82) is 0 Å². The van der Waals surface area contributed by atoms with Gasteiger partial charge in [0.05, 0.1) is 10.4 Å². The lowest BCUT2D eigenvalue weighted by Gasteiger charge is -2.32. The van der Waals surface area contributed by atoms with Gasteiger partial charge in [0.25, 0.3) is 0 Å². The second-order valence-electron chi connectivity index (χ2n) is 6.73. The fourth-order valence-electron chi connectivity index (χ4n) is 3.60. The Morgan fingerprint density at radius 2 is 2.04 bits per heavy atom. The second-order valence-corrected chi connectivity index (χ2v) is 9.18. The summed E-state index contributed by atoms with van der Waals surface area (Å²) in [5.41, 5.74) is 4.20. The van der Waals surface area contributed by atoms with Gasteiger partial charge in [0.1, 0.15) is 0 Å². The molecule has 4 nitrogen and oxygen atoms in total. The lowest BCUT2D eigenvalue weighted by molar-refractivity contribution is 0.601. The first-order valence-electron chi connectivity index (χ1n) is 8.53. The highest BCUT2D eigenvalue weighted by molar-refractivity contribution is 7.90. The topological polar surface area (TPSA) is 50.3 Å². The number of aromatic nitrogens is 1. The lowest BCUT2D eigenvalue weighted by atomic mass is 10.0. The third kappa shape index (κ3) is 3.29. The zero-order chi connectivity index (χ0) is 18.3. The van der Waals surface area contributed by atoms with Crippen LogP contribution < -0.4 is 4.90 Å². The van der Waals surface area contributed by atoms with Crippen LogP contribution in [-0.4, -0.2) is 26.2 Å². The first-order valence-corrected chi connectivity index (χ1v) is 10.8. The van der Waals surface area contributed by atoms with Gasteiger partial charge in [0.15, 0.2) is 9.84 Å². The van der Waals surface area contributed by atoms with Crippen LogP contribution in [0.5, 0.6) is 0 Å². The molecule has 0 fully saturated rings. The minimum absolute atomic E-state index is 0.382. The van der Waals surface area contributed by atoms with Crippen molar-refractivity contribution in [3.05, 3.63) is 64.8 Å². The average molecular weight is 387 g/mol. The Morgan fingerprint density at radius 3 is 2.85 bits per heavy atom. The molecular weight excluding hydrogens is 368 g/mol. The smallest absolute Gasteiger partial charge is 0.175 e. The highest BCUT2D eigenvalue weighted by Crippen LogP contribution is 2.32. The number of hydrogen-bond donors (Lipinski definition) is 0. The van der Waals surface area contributed by atoms with Crippen LogP contribution >= 0.6 is 11.6 Å². The van der Waals surface area contributed by atoms with Gasteiger partial charge in [0, 0.05) is 41.6 Å². The summed E-state index contributed by atoms with van der Waals surface area (Å²) in [5.74, 6) is 0. The molecule has 0 unspecified atom stereocenters. The van der Waals surface area contributed by atoms with Crippen molar-refractivity contribution < 1.29 is 8.42 Å². The van der Waals surface area contributed by atoms with E-state index in [0.29, 0.717) is 16.5 Å². The molecule has 0 saturated heterocycles. The van der Waals surface area contributed by atoms with Gasteiger partial charge in [0.2, 0.25) is 0 Å².